The van der Waals surface area contributed by atoms with Crippen molar-refractivity contribution in [2.45, 2.75) is 26.8 Å². The highest BCUT2D eigenvalue weighted by molar-refractivity contribution is 6.17. The molecule has 0 bridgehead atoms. The van der Waals surface area contributed by atoms with Crippen molar-refractivity contribution in [1.82, 2.24) is 14.5 Å². The van der Waals surface area contributed by atoms with Gasteiger partial charge in [0.05, 0.1) is 11.0 Å². The van der Waals surface area contributed by atoms with E-state index in [1.807, 2.05) is 0 Å². The summed E-state index contributed by atoms with van der Waals surface area (Å²) in [6.07, 6.45) is 0.704. The molecule has 0 aliphatic heterocycles. The molecule has 0 fully saturated rings. The molecule has 0 atom stereocenters. The van der Waals surface area contributed by atoms with Crippen molar-refractivity contribution >= 4 is 22.6 Å². The van der Waals surface area contributed by atoms with E-state index in [1.54, 1.807) is 12.1 Å². The smallest absolute Gasteiger partial charge is 0.125 e. The van der Waals surface area contributed by atoms with Crippen LogP contribution in [0, 0.1) is 5.82 Å². The fourth-order valence-corrected chi connectivity index (χ4v) is 2.62. The standard InChI is InChI=1S/C15H21ClFN3/c1-3-19(4-2)9-10-20-14-11-12(17)5-6-13(14)18-15(20)7-8-16/h5-6,11H,3-4,7-10H2,1-2H3. The minimum atomic E-state index is -0.223. The highest BCUT2D eigenvalue weighted by Gasteiger charge is 2.12. The Morgan fingerprint density at radius 3 is 2.70 bits per heavy atom. The lowest BCUT2D eigenvalue weighted by Crippen LogP contribution is -2.27. The lowest BCUT2D eigenvalue weighted by molar-refractivity contribution is 0.290. The van der Waals surface area contributed by atoms with Crippen LogP contribution >= 0.6 is 11.6 Å². The quantitative estimate of drug-likeness (QED) is 0.731. The molecule has 0 amide bonds. The summed E-state index contributed by atoms with van der Waals surface area (Å²) in [6, 6.07) is 4.74. The molecule has 0 N–H and O–H groups in total. The maximum atomic E-state index is 13.5. The van der Waals surface area contributed by atoms with E-state index in [0.29, 0.717) is 12.3 Å². The summed E-state index contributed by atoms with van der Waals surface area (Å²) in [4.78, 5) is 6.91. The van der Waals surface area contributed by atoms with Crippen LogP contribution in [0.25, 0.3) is 11.0 Å². The van der Waals surface area contributed by atoms with E-state index >= 15 is 0 Å². The number of hydrogen-bond acceptors (Lipinski definition) is 2. The van der Waals surface area contributed by atoms with Crippen LogP contribution in [-0.4, -0.2) is 40.0 Å². The molecule has 2 rings (SSSR count). The van der Waals surface area contributed by atoms with E-state index in [2.05, 4.69) is 28.3 Å². The Bertz CT molecular complexity index is 563. The van der Waals surface area contributed by atoms with Crippen molar-refractivity contribution in [3.8, 4) is 0 Å². The molecule has 0 unspecified atom stereocenters. The summed E-state index contributed by atoms with van der Waals surface area (Å²) in [7, 11) is 0. The van der Waals surface area contributed by atoms with Crippen LogP contribution < -0.4 is 0 Å². The molecule has 0 radical (unpaired) electrons. The molecule has 1 heterocycles. The van der Waals surface area contributed by atoms with Crippen LogP contribution in [0.3, 0.4) is 0 Å². The Hall–Kier alpha value is -1.13. The van der Waals surface area contributed by atoms with Crippen molar-refractivity contribution in [3.05, 3.63) is 29.8 Å². The van der Waals surface area contributed by atoms with Gasteiger partial charge in [0.2, 0.25) is 0 Å². The first-order valence-corrected chi connectivity index (χ1v) is 7.66. The van der Waals surface area contributed by atoms with Crippen molar-refractivity contribution < 1.29 is 4.39 Å². The fourth-order valence-electron chi connectivity index (χ4n) is 2.45. The van der Waals surface area contributed by atoms with Gasteiger partial charge in [-0.15, -0.1) is 11.6 Å². The minimum absolute atomic E-state index is 0.223. The van der Waals surface area contributed by atoms with Gasteiger partial charge in [-0.05, 0) is 31.3 Å². The highest BCUT2D eigenvalue weighted by atomic mass is 35.5. The Morgan fingerprint density at radius 2 is 2.05 bits per heavy atom. The largest absolute Gasteiger partial charge is 0.327 e. The number of aromatic nitrogens is 2. The zero-order valence-corrected chi connectivity index (χ0v) is 12.8. The Kier molecular flexibility index (Phi) is 5.38. The number of hydrogen-bond donors (Lipinski definition) is 0. The number of nitrogens with zero attached hydrogens (tertiary/aromatic N) is 3. The predicted molar refractivity (Wildman–Crippen MR) is 81.9 cm³/mol. The monoisotopic (exact) mass is 297 g/mol. The SMILES string of the molecule is CCN(CC)CCn1c(CCCl)nc2ccc(F)cc21. The number of likely N-dealkylation sites (N-methyl/N-ethyl adjacent to an activating group) is 1. The zero-order chi connectivity index (χ0) is 14.5. The van der Waals surface area contributed by atoms with E-state index in [4.69, 9.17) is 11.6 Å². The molecular formula is C15H21ClFN3. The Labute approximate surface area is 124 Å². The van der Waals surface area contributed by atoms with Gasteiger partial charge in [-0.2, -0.15) is 0 Å². The van der Waals surface area contributed by atoms with Crippen LogP contribution in [0.2, 0.25) is 0 Å². The normalized spacial score (nSPS) is 11.7. The summed E-state index contributed by atoms with van der Waals surface area (Å²) >= 11 is 5.85. The van der Waals surface area contributed by atoms with Crippen molar-refractivity contribution in [2.24, 2.45) is 0 Å². The average Bonchev–Trinajstić information content (AvgIpc) is 2.78. The fraction of sp³-hybridized carbons (Fsp3) is 0.533. The molecule has 0 spiro atoms. The van der Waals surface area contributed by atoms with Crippen LogP contribution in [0.4, 0.5) is 4.39 Å². The summed E-state index contributed by atoms with van der Waals surface area (Å²) < 4.78 is 15.6. The lowest BCUT2D eigenvalue weighted by Gasteiger charge is -2.19. The van der Waals surface area contributed by atoms with Gasteiger partial charge >= 0.3 is 0 Å². The number of halogens is 2. The molecule has 0 saturated heterocycles. The molecule has 1 aromatic heterocycles. The number of aryl methyl sites for hydroxylation is 1. The van der Waals surface area contributed by atoms with Gasteiger partial charge in [-0.1, -0.05) is 13.8 Å². The molecule has 20 heavy (non-hydrogen) atoms. The number of alkyl halides is 1. The lowest BCUT2D eigenvalue weighted by atomic mass is 10.3. The minimum Gasteiger partial charge on any atom is -0.327 e. The van der Waals surface area contributed by atoms with Crippen molar-refractivity contribution in [2.75, 3.05) is 25.5 Å². The molecule has 0 aliphatic carbocycles. The number of fused-ring (bicyclic) bond motifs is 1. The maximum Gasteiger partial charge on any atom is 0.125 e. The topological polar surface area (TPSA) is 21.1 Å². The van der Waals surface area contributed by atoms with Gasteiger partial charge in [0.25, 0.3) is 0 Å². The van der Waals surface area contributed by atoms with Crippen LogP contribution in [0.1, 0.15) is 19.7 Å². The second kappa shape index (κ2) is 7.04. The van der Waals surface area contributed by atoms with Gasteiger partial charge in [0.15, 0.2) is 0 Å². The summed E-state index contributed by atoms with van der Waals surface area (Å²) in [6.45, 7) is 8.08. The molecule has 3 nitrogen and oxygen atoms in total. The Balaban J connectivity index is 2.32. The second-order valence-electron chi connectivity index (χ2n) is 4.78. The van der Waals surface area contributed by atoms with Crippen LogP contribution in [0.5, 0.6) is 0 Å². The third-order valence-electron chi connectivity index (χ3n) is 3.64. The average molecular weight is 298 g/mol. The third-order valence-corrected chi connectivity index (χ3v) is 3.83. The van der Waals surface area contributed by atoms with E-state index in [1.165, 1.54) is 6.07 Å². The zero-order valence-electron chi connectivity index (χ0n) is 12.1. The maximum absolute atomic E-state index is 13.5. The van der Waals surface area contributed by atoms with Crippen LogP contribution in [0.15, 0.2) is 18.2 Å². The van der Waals surface area contributed by atoms with E-state index in [9.17, 15) is 4.39 Å². The first-order chi connectivity index (χ1) is 9.69. The van der Waals surface area contributed by atoms with Crippen molar-refractivity contribution in [1.29, 1.82) is 0 Å². The number of benzene rings is 1. The molecule has 1 aromatic carbocycles. The van der Waals surface area contributed by atoms with Crippen molar-refractivity contribution in [3.63, 3.8) is 0 Å². The van der Waals surface area contributed by atoms with Gasteiger partial charge in [-0.3, -0.25) is 0 Å². The van der Waals surface area contributed by atoms with E-state index in [0.717, 1.165) is 43.0 Å². The number of rotatable bonds is 7. The van der Waals surface area contributed by atoms with Gasteiger partial charge in [0.1, 0.15) is 11.6 Å². The third kappa shape index (κ3) is 3.30. The van der Waals surface area contributed by atoms with Crippen LogP contribution in [-0.2, 0) is 13.0 Å². The predicted octanol–water partition coefficient (Wildman–Crippen LogP) is 3.30. The number of imidazole rings is 1. The first-order valence-electron chi connectivity index (χ1n) is 7.12. The summed E-state index contributed by atoms with van der Waals surface area (Å²) in [5, 5.41) is 0. The molecule has 0 aliphatic rings. The molecule has 110 valence electrons. The van der Waals surface area contributed by atoms with E-state index < -0.39 is 0 Å². The second-order valence-corrected chi connectivity index (χ2v) is 5.16. The Morgan fingerprint density at radius 1 is 1.30 bits per heavy atom. The summed E-state index contributed by atoms with van der Waals surface area (Å²) in [5.41, 5.74) is 1.70. The molecule has 5 heteroatoms. The first kappa shape index (κ1) is 15.3. The molecule has 0 saturated carbocycles. The molecular weight excluding hydrogens is 277 g/mol. The van der Waals surface area contributed by atoms with Gasteiger partial charge < -0.3 is 9.47 Å². The van der Waals surface area contributed by atoms with E-state index in [-0.39, 0.29) is 5.82 Å². The molecule has 2 aromatic rings. The van der Waals surface area contributed by atoms with Gasteiger partial charge in [0, 0.05) is 25.4 Å². The van der Waals surface area contributed by atoms with Gasteiger partial charge in [-0.25, -0.2) is 9.37 Å². The highest BCUT2D eigenvalue weighted by Crippen LogP contribution is 2.18. The summed E-state index contributed by atoms with van der Waals surface area (Å²) in [5.74, 6) is 1.24.